The van der Waals surface area contributed by atoms with Crippen LogP contribution in [0, 0.1) is 13.8 Å². The zero-order valence-corrected chi connectivity index (χ0v) is 20.3. The molecule has 0 aliphatic heterocycles. The van der Waals surface area contributed by atoms with Crippen molar-refractivity contribution in [2.45, 2.75) is 46.5 Å². The zero-order chi connectivity index (χ0) is 22.6. The van der Waals surface area contributed by atoms with E-state index in [-0.39, 0.29) is 12.5 Å². The molecule has 0 aliphatic carbocycles. The molecule has 0 bridgehead atoms. The number of unbranched alkanes of at least 4 members (excludes halogenated alkanes) is 3. The molecule has 0 saturated carbocycles. The molecule has 2 aromatic carbocycles. The number of ether oxygens (including phenoxy) is 3. The standard InChI is InChI=1S/C24H31BrN2O4/c1-5-6-7-8-11-30-21-10-9-19(14-22(21)29-4)15-26-27-23(28)16-31-24-17(2)12-20(25)13-18(24)3/h9-10,12-15H,5-8,11,16H2,1-4H3,(H,27,28)/b26-15+. The predicted octanol–water partition coefficient (Wildman–Crippen LogP) is 5.56. The van der Waals surface area contributed by atoms with Gasteiger partial charge in [0.05, 0.1) is 19.9 Å². The average molecular weight is 491 g/mol. The van der Waals surface area contributed by atoms with Crippen molar-refractivity contribution in [3.05, 3.63) is 51.5 Å². The Bertz CT molecular complexity index is 876. The molecule has 168 valence electrons. The second kappa shape index (κ2) is 13.0. The molecule has 0 fully saturated rings. The van der Waals surface area contributed by atoms with Gasteiger partial charge >= 0.3 is 0 Å². The maximum atomic E-state index is 12.1. The highest BCUT2D eigenvalue weighted by molar-refractivity contribution is 9.10. The van der Waals surface area contributed by atoms with E-state index in [1.54, 1.807) is 13.3 Å². The molecule has 0 saturated heterocycles. The Labute approximate surface area is 193 Å². The molecule has 0 radical (unpaired) electrons. The van der Waals surface area contributed by atoms with E-state index < -0.39 is 0 Å². The predicted molar refractivity (Wildman–Crippen MR) is 127 cm³/mol. The summed E-state index contributed by atoms with van der Waals surface area (Å²) in [4.78, 5) is 12.1. The van der Waals surface area contributed by atoms with Crippen molar-refractivity contribution < 1.29 is 19.0 Å². The number of rotatable bonds is 12. The Morgan fingerprint density at radius 1 is 1.06 bits per heavy atom. The molecule has 0 aromatic heterocycles. The summed E-state index contributed by atoms with van der Waals surface area (Å²) < 4.78 is 17.9. The van der Waals surface area contributed by atoms with Crippen LogP contribution in [0.25, 0.3) is 0 Å². The van der Waals surface area contributed by atoms with E-state index in [2.05, 4.69) is 33.4 Å². The number of hydrogen-bond donors (Lipinski definition) is 1. The summed E-state index contributed by atoms with van der Waals surface area (Å²) in [6.45, 7) is 6.61. The highest BCUT2D eigenvalue weighted by atomic mass is 79.9. The lowest BCUT2D eigenvalue weighted by Crippen LogP contribution is -2.25. The van der Waals surface area contributed by atoms with Gasteiger partial charge in [-0.2, -0.15) is 5.10 Å². The monoisotopic (exact) mass is 490 g/mol. The van der Waals surface area contributed by atoms with Crippen LogP contribution in [-0.4, -0.2) is 32.4 Å². The van der Waals surface area contributed by atoms with Crippen LogP contribution in [0.2, 0.25) is 0 Å². The molecular weight excluding hydrogens is 460 g/mol. The van der Waals surface area contributed by atoms with Gasteiger partial charge in [0, 0.05) is 4.47 Å². The van der Waals surface area contributed by atoms with Crippen LogP contribution in [0.4, 0.5) is 0 Å². The molecule has 6 nitrogen and oxygen atoms in total. The van der Waals surface area contributed by atoms with Crippen molar-refractivity contribution in [3.63, 3.8) is 0 Å². The van der Waals surface area contributed by atoms with E-state index in [4.69, 9.17) is 14.2 Å². The number of benzene rings is 2. The molecule has 0 spiro atoms. The number of halogens is 1. The minimum absolute atomic E-state index is 0.116. The van der Waals surface area contributed by atoms with Gasteiger partial charge in [-0.1, -0.05) is 42.1 Å². The molecule has 2 aromatic rings. The molecule has 0 aliphatic rings. The van der Waals surface area contributed by atoms with Crippen molar-refractivity contribution in [2.24, 2.45) is 5.10 Å². The maximum absolute atomic E-state index is 12.1. The smallest absolute Gasteiger partial charge is 0.277 e. The second-order valence-electron chi connectivity index (χ2n) is 7.27. The summed E-state index contributed by atoms with van der Waals surface area (Å²) >= 11 is 3.45. The van der Waals surface area contributed by atoms with Crippen molar-refractivity contribution >= 4 is 28.1 Å². The van der Waals surface area contributed by atoms with Gasteiger partial charge in [-0.15, -0.1) is 0 Å². The first kappa shape index (κ1) is 24.7. The third kappa shape index (κ3) is 8.25. The molecular formula is C24H31BrN2O4. The van der Waals surface area contributed by atoms with Gasteiger partial charge in [0.2, 0.25) is 0 Å². The van der Waals surface area contributed by atoms with Crippen LogP contribution in [0.1, 0.15) is 49.3 Å². The number of aryl methyl sites for hydroxylation is 2. The Morgan fingerprint density at radius 3 is 2.48 bits per heavy atom. The quantitative estimate of drug-likeness (QED) is 0.240. The number of hydrogen-bond acceptors (Lipinski definition) is 5. The third-order valence-corrected chi connectivity index (χ3v) is 5.08. The van der Waals surface area contributed by atoms with E-state index in [1.807, 2.05) is 44.2 Å². The van der Waals surface area contributed by atoms with Crippen molar-refractivity contribution in [1.82, 2.24) is 5.43 Å². The summed E-state index contributed by atoms with van der Waals surface area (Å²) in [6.07, 6.45) is 6.15. The lowest BCUT2D eigenvalue weighted by molar-refractivity contribution is -0.123. The number of nitrogens with zero attached hydrogens (tertiary/aromatic N) is 1. The van der Waals surface area contributed by atoms with E-state index in [9.17, 15) is 4.79 Å². The number of amides is 1. The summed E-state index contributed by atoms with van der Waals surface area (Å²) in [7, 11) is 1.60. The molecule has 1 amide bonds. The van der Waals surface area contributed by atoms with Crippen LogP contribution < -0.4 is 19.6 Å². The van der Waals surface area contributed by atoms with Gasteiger partial charge in [0.25, 0.3) is 5.91 Å². The van der Waals surface area contributed by atoms with Crippen LogP contribution >= 0.6 is 15.9 Å². The first-order valence-corrected chi connectivity index (χ1v) is 11.3. The van der Waals surface area contributed by atoms with Crippen LogP contribution in [0.15, 0.2) is 39.9 Å². The Kier molecular flexibility index (Phi) is 10.4. The summed E-state index contributed by atoms with van der Waals surface area (Å²) in [5, 5.41) is 4.01. The summed E-state index contributed by atoms with van der Waals surface area (Å²) in [5.74, 6) is 1.71. The zero-order valence-electron chi connectivity index (χ0n) is 18.7. The fraction of sp³-hybridized carbons (Fsp3) is 0.417. The topological polar surface area (TPSA) is 69.2 Å². The van der Waals surface area contributed by atoms with E-state index in [0.29, 0.717) is 23.9 Å². The maximum Gasteiger partial charge on any atom is 0.277 e. The van der Waals surface area contributed by atoms with Crippen LogP contribution in [0.5, 0.6) is 17.2 Å². The number of carbonyl (C=O) groups excluding carboxylic acids is 1. The number of nitrogens with one attached hydrogen (secondary N) is 1. The normalized spacial score (nSPS) is 10.9. The number of carbonyl (C=O) groups is 1. The molecule has 0 heterocycles. The number of hydrazone groups is 1. The highest BCUT2D eigenvalue weighted by Crippen LogP contribution is 2.28. The summed E-state index contributed by atoms with van der Waals surface area (Å²) in [6, 6.07) is 9.44. The molecule has 0 atom stereocenters. The van der Waals surface area contributed by atoms with Gasteiger partial charge in [-0.3, -0.25) is 4.79 Å². The SMILES string of the molecule is CCCCCCOc1ccc(/C=N/NC(=O)COc2c(C)cc(Br)cc2C)cc1OC. The van der Waals surface area contributed by atoms with E-state index in [0.717, 1.165) is 34.0 Å². The molecule has 2 rings (SSSR count). The number of methoxy groups -OCH3 is 1. The second-order valence-corrected chi connectivity index (χ2v) is 8.19. The highest BCUT2D eigenvalue weighted by Gasteiger charge is 2.09. The fourth-order valence-electron chi connectivity index (χ4n) is 3.07. The van der Waals surface area contributed by atoms with E-state index >= 15 is 0 Å². The third-order valence-electron chi connectivity index (χ3n) is 4.62. The van der Waals surface area contributed by atoms with Gasteiger partial charge in [-0.05, 0) is 67.3 Å². The first-order valence-electron chi connectivity index (χ1n) is 10.5. The average Bonchev–Trinajstić information content (AvgIpc) is 2.73. The lowest BCUT2D eigenvalue weighted by atomic mass is 10.1. The molecule has 0 unspecified atom stereocenters. The molecule has 31 heavy (non-hydrogen) atoms. The van der Waals surface area contributed by atoms with Crippen molar-refractivity contribution in [2.75, 3.05) is 20.3 Å². The van der Waals surface area contributed by atoms with Gasteiger partial charge in [0.15, 0.2) is 18.1 Å². The molecule has 7 heteroatoms. The Morgan fingerprint density at radius 2 is 1.81 bits per heavy atom. The van der Waals surface area contributed by atoms with Crippen LogP contribution in [-0.2, 0) is 4.79 Å². The van der Waals surface area contributed by atoms with Crippen LogP contribution in [0.3, 0.4) is 0 Å². The van der Waals surface area contributed by atoms with Gasteiger partial charge < -0.3 is 14.2 Å². The first-order chi connectivity index (χ1) is 14.9. The van der Waals surface area contributed by atoms with Crippen molar-refractivity contribution in [3.8, 4) is 17.2 Å². The Balaban J connectivity index is 1.85. The molecule has 1 N–H and O–H groups in total. The lowest BCUT2D eigenvalue weighted by Gasteiger charge is -2.12. The van der Waals surface area contributed by atoms with Gasteiger partial charge in [-0.25, -0.2) is 5.43 Å². The fourth-order valence-corrected chi connectivity index (χ4v) is 3.76. The van der Waals surface area contributed by atoms with Gasteiger partial charge in [0.1, 0.15) is 5.75 Å². The minimum Gasteiger partial charge on any atom is -0.493 e. The summed E-state index contributed by atoms with van der Waals surface area (Å²) in [5.41, 5.74) is 5.19. The Hall–Kier alpha value is -2.54. The largest absolute Gasteiger partial charge is 0.493 e. The van der Waals surface area contributed by atoms with Crippen molar-refractivity contribution in [1.29, 1.82) is 0 Å². The minimum atomic E-state index is -0.336. The van der Waals surface area contributed by atoms with E-state index in [1.165, 1.54) is 12.8 Å².